The Balaban J connectivity index is 2.32. The van der Waals surface area contributed by atoms with Gasteiger partial charge in [0.2, 0.25) is 0 Å². The van der Waals surface area contributed by atoms with Crippen LogP contribution in [0.15, 0.2) is 36.7 Å². The van der Waals surface area contributed by atoms with Crippen molar-refractivity contribution in [3.63, 3.8) is 0 Å². The van der Waals surface area contributed by atoms with Crippen molar-refractivity contribution in [3.05, 3.63) is 53.1 Å². The van der Waals surface area contributed by atoms with E-state index in [1.54, 1.807) is 6.20 Å². The summed E-state index contributed by atoms with van der Waals surface area (Å²) in [6, 6.07) is 7.50. The fourth-order valence-corrected chi connectivity index (χ4v) is 2.11. The number of imidazole rings is 1. The summed E-state index contributed by atoms with van der Waals surface area (Å²) in [4.78, 5) is 4.39. The molecule has 0 bridgehead atoms. The number of aromatic nitrogens is 2. The van der Waals surface area contributed by atoms with Crippen molar-refractivity contribution in [1.29, 1.82) is 0 Å². The first-order valence-electron chi connectivity index (χ1n) is 5.99. The molecule has 0 aliphatic heterocycles. The van der Waals surface area contributed by atoms with E-state index < -0.39 is 0 Å². The van der Waals surface area contributed by atoms with Crippen molar-refractivity contribution < 1.29 is 0 Å². The molecule has 1 heterocycles. The molecule has 5 heteroatoms. The van der Waals surface area contributed by atoms with Crippen LogP contribution in [0.1, 0.15) is 30.8 Å². The van der Waals surface area contributed by atoms with E-state index >= 15 is 0 Å². The molecule has 0 spiro atoms. The van der Waals surface area contributed by atoms with Gasteiger partial charge in [-0.1, -0.05) is 30.7 Å². The first-order chi connectivity index (χ1) is 8.76. The Morgan fingerprint density at radius 1 is 1.39 bits per heavy atom. The number of nitrogens with one attached hydrogen (secondary N) is 1. The highest BCUT2D eigenvalue weighted by Gasteiger charge is 2.17. The summed E-state index contributed by atoms with van der Waals surface area (Å²) >= 11 is 5.89. The Kier molecular flexibility index (Phi) is 4.36. The van der Waals surface area contributed by atoms with Crippen LogP contribution in [-0.2, 0) is 6.54 Å². The smallest absolute Gasteiger partial charge is 0.131 e. The molecule has 0 saturated carbocycles. The Morgan fingerprint density at radius 2 is 2.11 bits per heavy atom. The van der Waals surface area contributed by atoms with Gasteiger partial charge in [0.15, 0.2) is 0 Å². The summed E-state index contributed by atoms with van der Waals surface area (Å²) in [6.07, 6.45) is 4.83. The molecule has 0 fully saturated rings. The fraction of sp³-hybridized carbons (Fsp3) is 0.308. The zero-order valence-corrected chi connectivity index (χ0v) is 11.1. The molecular formula is C13H17ClN4. The third kappa shape index (κ3) is 2.72. The maximum Gasteiger partial charge on any atom is 0.131 e. The zero-order valence-electron chi connectivity index (χ0n) is 10.3. The number of benzene rings is 1. The van der Waals surface area contributed by atoms with Gasteiger partial charge in [-0.15, -0.1) is 0 Å². The molecule has 3 N–H and O–H groups in total. The minimum absolute atomic E-state index is 0.121. The summed E-state index contributed by atoms with van der Waals surface area (Å²) in [5.41, 5.74) is 3.86. The fourth-order valence-electron chi connectivity index (χ4n) is 1.99. The molecule has 0 radical (unpaired) electrons. The van der Waals surface area contributed by atoms with Gasteiger partial charge in [0.1, 0.15) is 11.9 Å². The van der Waals surface area contributed by atoms with Gasteiger partial charge in [-0.3, -0.25) is 5.84 Å². The predicted octanol–water partition coefficient (Wildman–Crippen LogP) is 2.50. The average molecular weight is 265 g/mol. The van der Waals surface area contributed by atoms with Crippen LogP contribution in [0.4, 0.5) is 0 Å². The zero-order chi connectivity index (χ0) is 13.0. The van der Waals surface area contributed by atoms with Crippen LogP contribution in [0.5, 0.6) is 0 Å². The molecule has 0 amide bonds. The third-order valence-corrected chi connectivity index (χ3v) is 3.09. The minimum atomic E-state index is -0.121. The number of rotatable bonds is 5. The molecule has 1 aromatic carbocycles. The van der Waals surface area contributed by atoms with E-state index in [2.05, 4.69) is 21.9 Å². The van der Waals surface area contributed by atoms with Crippen LogP contribution in [0.3, 0.4) is 0 Å². The van der Waals surface area contributed by atoms with E-state index in [4.69, 9.17) is 17.4 Å². The summed E-state index contributed by atoms with van der Waals surface area (Å²) in [5.74, 6) is 6.58. The van der Waals surface area contributed by atoms with E-state index in [1.165, 1.54) is 0 Å². The number of hydrazine groups is 1. The van der Waals surface area contributed by atoms with Crippen LogP contribution in [0.2, 0.25) is 5.02 Å². The van der Waals surface area contributed by atoms with E-state index in [0.717, 1.165) is 24.4 Å². The number of hydrogen-bond acceptors (Lipinski definition) is 3. The lowest BCUT2D eigenvalue weighted by Crippen LogP contribution is -2.31. The number of halogens is 1. The number of hydrogen-bond donors (Lipinski definition) is 2. The van der Waals surface area contributed by atoms with Crippen LogP contribution >= 0.6 is 11.6 Å². The normalized spacial score (nSPS) is 12.6. The first-order valence-corrected chi connectivity index (χ1v) is 6.36. The highest BCUT2D eigenvalue weighted by molar-refractivity contribution is 6.30. The molecule has 4 nitrogen and oxygen atoms in total. The van der Waals surface area contributed by atoms with E-state index in [-0.39, 0.29) is 6.04 Å². The molecule has 18 heavy (non-hydrogen) atoms. The number of nitrogens with zero attached hydrogens (tertiary/aromatic N) is 2. The second-order valence-corrected chi connectivity index (χ2v) is 4.57. The second-order valence-electron chi connectivity index (χ2n) is 4.13. The second kappa shape index (κ2) is 6.00. The third-order valence-electron chi connectivity index (χ3n) is 2.84. The number of aryl methyl sites for hydroxylation is 1. The van der Waals surface area contributed by atoms with Crippen molar-refractivity contribution in [2.24, 2.45) is 5.84 Å². The lowest BCUT2D eigenvalue weighted by atomic mass is 10.1. The van der Waals surface area contributed by atoms with Gasteiger partial charge in [-0.2, -0.15) is 0 Å². The summed E-state index contributed by atoms with van der Waals surface area (Å²) < 4.78 is 2.11. The van der Waals surface area contributed by atoms with Crippen molar-refractivity contribution in [2.75, 3.05) is 0 Å². The lowest BCUT2D eigenvalue weighted by Gasteiger charge is -2.17. The van der Waals surface area contributed by atoms with E-state index in [0.29, 0.717) is 5.02 Å². The summed E-state index contributed by atoms with van der Waals surface area (Å²) in [7, 11) is 0. The predicted molar refractivity (Wildman–Crippen MR) is 73.1 cm³/mol. The Hall–Kier alpha value is -1.36. The SMILES string of the molecule is CCCn1ccnc1C(NN)c1ccc(Cl)cc1. The highest BCUT2D eigenvalue weighted by atomic mass is 35.5. The van der Waals surface area contributed by atoms with Gasteiger partial charge in [0.25, 0.3) is 0 Å². The molecule has 1 aromatic heterocycles. The topological polar surface area (TPSA) is 55.9 Å². The Bertz CT molecular complexity index is 492. The molecule has 1 unspecified atom stereocenters. The van der Waals surface area contributed by atoms with Gasteiger partial charge in [0.05, 0.1) is 0 Å². The minimum Gasteiger partial charge on any atom is -0.333 e. The van der Waals surface area contributed by atoms with Crippen LogP contribution in [-0.4, -0.2) is 9.55 Å². The van der Waals surface area contributed by atoms with Crippen LogP contribution in [0.25, 0.3) is 0 Å². The largest absolute Gasteiger partial charge is 0.333 e. The standard InChI is InChI=1S/C13H17ClN4/c1-2-8-18-9-7-16-13(18)12(17-15)10-3-5-11(14)6-4-10/h3-7,9,12,17H,2,8,15H2,1H3. The lowest BCUT2D eigenvalue weighted by molar-refractivity contribution is 0.545. The Labute approximate surface area is 112 Å². The van der Waals surface area contributed by atoms with Gasteiger partial charge in [-0.05, 0) is 24.1 Å². The molecule has 0 saturated heterocycles. The van der Waals surface area contributed by atoms with E-state index in [9.17, 15) is 0 Å². The van der Waals surface area contributed by atoms with Gasteiger partial charge in [-0.25, -0.2) is 10.4 Å². The number of nitrogens with two attached hydrogens (primary N) is 1. The highest BCUT2D eigenvalue weighted by Crippen LogP contribution is 2.21. The molecule has 2 aromatic rings. The molecule has 2 rings (SSSR count). The van der Waals surface area contributed by atoms with Gasteiger partial charge >= 0.3 is 0 Å². The average Bonchev–Trinajstić information content (AvgIpc) is 2.82. The molecule has 96 valence electrons. The summed E-state index contributed by atoms with van der Waals surface area (Å²) in [5, 5.41) is 0.714. The van der Waals surface area contributed by atoms with Crippen molar-refractivity contribution in [1.82, 2.24) is 15.0 Å². The molecule has 0 aliphatic carbocycles. The van der Waals surface area contributed by atoms with Crippen molar-refractivity contribution in [2.45, 2.75) is 25.9 Å². The maximum atomic E-state index is 5.89. The van der Waals surface area contributed by atoms with E-state index in [1.807, 2.05) is 30.5 Å². The Morgan fingerprint density at radius 3 is 2.72 bits per heavy atom. The van der Waals surface area contributed by atoms with Crippen molar-refractivity contribution in [3.8, 4) is 0 Å². The first kappa shape index (κ1) is 13.1. The maximum absolute atomic E-state index is 5.89. The molecular weight excluding hydrogens is 248 g/mol. The van der Waals surface area contributed by atoms with Crippen LogP contribution < -0.4 is 11.3 Å². The quantitative estimate of drug-likeness (QED) is 0.644. The van der Waals surface area contributed by atoms with Crippen LogP contribution in [0, 0.1) is 0 Å². The van der Waals surface area contributed by atoms with Gasteiger partial charge < -0.3 is 4.57 Å². The van der Waals surface area contributed by atoms with Gasteiger partial charge in [0, 0.05) is 24.0 Å². The molecule has 0 aliphatic rings. The monoisotopic (exact) mass is 264 g/mol. The van der Waals surface area contributed by atoms with Crippen molar-refractivity contribution >= 4 is 11.6 Å². The summed E-state index contributed by atoms with van der Waals surface area (Å²) in [6.45, 7) is 3.07. The molecule has 1 atom stereocenters.